The Morgan fingerprint density at radius 3 is 2.73 bits per heavy atom. The lowest BCUT2D eigenvalue weighted by Gasteiger charge is -2.22. The van der Waals surface area contributed by atoms with E-state index in [2.05, 4.69) is 0 Å². The van der Waals surface area contributed by atoms with Crippen molar-refractivity contribution in [3.05, 3.63) is 29.8 Å². The van der Waals surface area contributed by atoms with E-state index in [4.69, 9.17) is 16.3 Å². The molecule has 0 saturated heterocycles. The first-order chi connectivity index (χ1) is 7.27. The van der Waals surface area contributed by atoms with Crippen LogP contribution < -0.4 is 4.74 Å². The molecule has 1 aromatic carbocycles. The van der Waals surface area contributed by atoms with E-state index in [1.807, 2.05) is 38.1 Å². The molecule has 0 radical (unpaired) electrons. The Hall–Kier alpha value is -1.02. The topological polar surface area (TPSA) is 26.3 Å². The van der Waals surface area contributed by atoms with Crippen molar-refractivity contribution < 1.29 is 9.53 Å². The molecule has 0 saturated carbocycles. The van der Waals surface area contributed by atoms with E-state index < -0.39 is 11.3 Å². The molecule has 0 N–H and O–H groups in total. The first-order valence-electron chi connectivity index (χ1n) is 5.21. The van der Waals surface area contributed by atoms with E-state index in [1.165, 1.54) is 0 Å². The lowest BCUT2D eigenvalue weighted by Crippen LogP contribution is -2.27. The highest BCUT2D eigenvalue weighted by Gasteiger charge is 2.23. The van der Waals surface area contributed by atoms with Crippen LogP contribution >= 0.6 is 11.6 Å². The molecule has 0 bridgehead atoms. The summed E-state index contributed by atoms with van der Waals surface area (Å²) in [7, 11) is 0. The Morgan fingerprint density at radius 1 is 1.40 bits per heavy atom. The number of para-hydroxylation sites is 1. The van der Waals surface area contributed by atoms with Crippen LogP contribution in [0.2, 0.25) is 0 Å². The Kier molecular flexibility index (Phi) is 4.63. The molecule has 3 heteroatoms. The zero-order chi connectivity index (χ0) is 11.3. The monoisotopic (exact) mass is 226 g/mol. The smallest absolute Gasteiger partial charge is 0.262 e. The van der Waals surface area contributed by atoms with Crippen molar-refractivity contribution in [2.24, 2.45) is 0 Å². The lowest BCUT2D eigenvalue weighted by atomic mass is 10.0. The first kappa shape index (κ1) is 12.1. The molecule has 15 heavy (non-hydrogen) atoms. The van der Waals surface area contributed by atoms with Gasteiger partial charge in [0.1, 0.15) is 5.75 Å². The van der Waals surface area contributed by atoms with Gasteiger partial charge in [-0.15, -0.1) is 0 Å². The first-order valence-corrected chi connectivity index (χ1v) is 5.59. The van der Waals surface area contributed by atoms with Crippen molar-refractivity contribution in [1.82, 2.24) is 0 Å². The third-order valence-electron chi connectivity index (χ3n) is 2.17. The zero-order valence-electron chi connectivity index (χ0n) is 9.00. The Morgan fingerprint density at radius 2 is 2.07 bits per heavy atom. The van der Waals surface area contributed by atoms with Crippen molar-refractivity contribution >= 4 is 16.8 Å². The van der Waals surface area contributed by atoms with Crippen LogP contribution in [-0.4, -0.2) is 11.3 Å². The van der Waals surface area contributed by atoms with Gasteiger partial charge in [-0.2, -0.15) is 0 Å². The van der Waals surface area contributed by atoms with Gasteiger partial charge in [-0.1, -0.05) is 32.0 Å². The van der Waals surface area contributed by atoms with Gasteiger partial charge in [0, 0.05) is 0 Å². The summed E-state index contributed by atoms with van der Waals surface area (Å²) in [4.78, 5) is 10.8. The minimum atomic E-state index is -0.462. The van der Waals surface area contributed by atoms with E-state index >= 15 is 0 Å². The summed E-state index contributed by atoms with van der Waals surface area (Å²) in [6, 6.07) is 7.72. The molecular weight excluding hydrogens is 212 g/mol. The van der Waals surface area contributed by atoms with Gasteiger partial charge in [0.05, 0.1) is 0 Å². The minimum Gasteiger partial charge on any atom is -0.481 e. The molecule has 1 heterocycles. The van der Waals surface area contributed by atoms with Crippen LogP contribution in [0, 0.1) is 0 Å². The zero-order valence-corrected chi connectivity index (χ0v) is 9.75. The standard InChI is InChI=1S/C10H9ClO2.C2H6/c11-10(12)9-6-5-7-3-1-2-4-8(7)13-9;1-2/h1-4,9H,5-6H2;1-2H3. The molecule has 0 amide bonds. The largest absolute Gasteiger partial charge is 0.481 e. The predicted octanol–water partition coefficient (Wildman–Crippen LogP) is 3.17. The number of fused-ring (bicyclic) bond motifs is 1. The molecule has 2 nitrogen and oxygen atoms in total. The summed E-state index contributed by atoms with van der Waals surface area (Å²) in [6.45, 7) is 4.00. The van der Waals surface area contributed by atoms with E-state index in [-0.39, 0.29) is 0 Å². The number of hydrogen-bond acceptors (Lipinski definition) is 2. The summed E-state index contributed by atoms with van der Waals surface area (Å²) in [5.41, 5.74) is 1.15. The SMILES string of the molecule is CC.O=C(Cl)C1CCc2ccccc2O1. The number of hydrogen-bond donors (Lipinski definition) is 0. The number of rotatable bonds is 1. The summed E-state index contributed by atoms with van der Waals surface area (Å²) in [5, 5.41) is -0.408. The Balaban J connectivity index is 0.000000531. The highest BCUT2D eigenvalue weighted by Crippen LogP contribution is 2.27. The number of halogens is 1. The minimum absolute atomic E-state index is 0.408. The van der Waals surface area contributed by atoms with Crippen molar-refractivity contribution in [1.29, 1.82) is 0 Å². The molecule has 0 aromatic heterocycles. The van der Waals surface area contributed by atoms with E-state index in [0.29, 0.717) is 6.42 Å². The summed E-state index contributed by atoms with van der Waals surface area (Å²) >= 11 is 5.36. The average Bonchev–Trinajstić information content (AvgIpc) is 2.31. The second-order valence-electron chi connectivity index (χ2n) is 3.06. The van der Waals surface area contributed by atoms with Gasteiger partial charge >= 0.3 is 0 Å². The molecule has 1 unspecified atom stereocenters. The molecule has 1 atom stereocenters. The van der Waals surface area contributed by atoms with Crippen LogP contribution in [0.4, 0.5) is 0 Å². The number of carbonyl (C=O) groups excluding carboxylic acids is 1. The fraction of sp³-hybridized carbons (Fsp3) is 0.417. The third kappa shape index (κ3) is 2.96. The Bertz CT molecular complexity index is 336. The fourth-order valence-corrected chi connectivity index (χ4v) is 1.64. The quantitative estimate of drug-likeness (QED) is 0.688. The summed E-state index contributed by atoms with van der Waals surface area (Å²) < 4.78 is 5.41. The van der Waals surface area contributed by atoms with Crippen LogP contribution in [-0.2, 0) is 11.2 Å². The maximum atomic E-state index is 10.8. The van der Waals surface area contributed by atoms with Crippen molar-refractivity contribution in [2.75, 3.05) is 0 Å². The Labute approximate surface area is 95.2 Å². The highest BCUT2D eigenvalue weighted by molar-refractivity contribution is 6.64. The predicted molar refractivity (Wildman–Crippen MR) is 61.4 cm³/mol. The van der Waals surface area contributed by atoms with Crippen LogP contribution in [0.5, 0.6) is 5.75 Å². The summed E-state index contributed by atoms with van der Waals surface area (Å²) in [5.74, 6) is 0.785. The summed E-state index contributed by atoms with van der Waals surface area (Å²) in [6.07, 6.45) is 1.08. The second-order valence-corrected chi connectivity index (χ2v) is 3.43. The van der Waals surface area contributed by atoms with Gasteiger partial charge in [-0.25, -0.2) is 0 Å². The van der Waals surface area contributed by atoms with Gasteiger partial charge in [0.25, 0.3) is 5.24 Å². The maximum Gasteiger partial charge on any atom is 0.262 e. The number of carbonyl (C=O) groups is 1. The molecular formula is C12H15ClO2. The third-order valence-corrected chi connectivity index (χ3v) is 2.41. The molecule has 1 aliphatic rings. The van der Waals surface area contributed by atoms with Gasteiger partial charge in [0.15, 0.2) is 6.10 Å². The molecule has 0 aliphatic carbocycles. The second kappa shape index (κ2) is 5.76. The molecule has 1 aromatic rings. The molecule has 82 valence electrons. The van der Waals surface area contributed by atoms with Gasteiger partial charge < -0.3 is 4.74 Å². The van der Waals surface area contributed by atoms with Crippen LogP contribution in [0.3, 0.4) is 0 Å². The van der Waals surface area contributed by atoms with Gasteiger partial charge in [0.2, 0.25) is 0 Å². The van der Waals surface area contributed by atoms with E-state index in [1.54, 1.807) is 0 Å². The van der Waals surface area contributed by atoms with Gasteiger partial charge in [-0.3, -0.25) is 4.79 Å². The van der Waals surface area contributed by atoms with Crippen LogP contribution in [0.15, 0.2) is 24.3 Å². The lowest BCUT2D eigenvalue weighted by molar-refractivity contribution is -0.118. The molecule has 0 spiro atoms. The molecule has 1 aliphatic heterocycles. The van der Waals surface area contributed by atoms with Crippen LogP contribution in [0.25, 0.3) is 0 Å². The molecule has 0 fully saturated rings. The van der Waals surface area contributed by atoms with E-state index in [9.17, 15) is 4.79 Å². The highest BCUT2D eigenvalue weighted by atomic mass is 35.5. The fourth-order valence-electron chi connectivity index (χ4n) is 1.48. The number of benzene rings is 1. The van der Waals surface area contributed by atoms with E-state index in [0.717, 1.165) is 17.7 Å². The maximum absolute atomic E-state index is 10.8. The number of ether oxygens (including phenoxy) is 1. The number of aryl methyl sites for hydroxylation is 1. The van der Waals surface area contributed by atoms with Crippen molar-refractivity contribution in [3.63, 3.8) is 0 Å². The van der Waals surface area contributed by atoms with Crippen LogP contribution in [0.1, 0.15) is 25.8 Å². The average molecular weight is 227 g/mol. The van der Waals surface area contributed by atoms with Crippen molar-refractivity contribution in [2.45, 2.75) is 32.8 Å². The normalized spacial score (nSPS) is 17.9. The molecule has 2 rings (SSSR count). The van der Waals surface area contributed by atoms with Crippen molar-refractivity contribution in [3.8, 4) is 5.75 Å². The van der Waals surface area contributed by atoms with Gasteiger partial charge in [-0.05, 0) is 36.1 Å².